The Bertz CT molecular complexity index is 430. The number of nitrogens with zero attached hydrogens (tertiary/aromatic N) is 2. The highest BCUT2D eigenvalue weighted by molar-refractivity contribution is 7.10. The first kappa shape index (κ1) is 13.3. The van der Waals surface area contributed by atoms with Crippen LogP contribution >= 0.6 is 11.5 Å². The van der Waals surface area contributed by atoms with Gasteiger partial charge in [0, 0.05) is 20.1 Å². The molecular formula is C13H21N3OS. The van der Waals surface area contributed by atoms with Gasteiger partial charge in [-0.15, -0.1) is 0 Å². The van der Waals surface area contributed by atoms with Crippen LogP contribution in [0, 0.1) is 12.8 Å². The van der Waals surface area contributed by atoms with Crippen molar-refractivity contribution in [1.82, 2.24) is 9.27 Å². The van der Waals surface area contributed by atoms with Crippen LogP contribution in [0.3, 0.4) is 0 Å². The minimum Gasteiger partial charge on any atom is -0.378 e. The fourth-order valence-electron chi connectivity index (χ4n) is 2.53. The van der Waals surface area contributed by atoms with Crippen molar-refractivity contribution in [3.8, 4) is 0 Å². The molecule has 100 valence electrons. The van der Waals surface area contributed by atoms with Crippen molar-refractivity contribution in [2.75, 3.05) is 25.5 Å². The zero-order valence-corrected chi connectivity index (χ0v) is 12.1. The number of piperidine rings is 1. The van der Waals surface area contributed by atoms with E-state index in [9.17, 15) is 4.79 Å². The Hall–Kier alpha value is -1.10. The number of aromatic nitrogens is 1. The number of nitrogens with one attached hydrogen (secondary N) is 1. The highest BCUT2D eigenvalue weighted by Crippen LogP contribution is 2.28. The van der Waals surface area contributed by atoms with Crippen LogP contribution in [0.5, 0.6) is 0 Å². The third-order valence-corrected chi connectivity index (χ3v) is 4.64. The molecule has 0 saturated carbocycles. The molecule has 0 unspecified atom stereocenters. The molecule has 1 amide bonds. The van der Waals surface area contributed by atoms with Gasteiger partial charge in [-0.1, -0.05) is 13.3 Å². The second-order valence-corrected chi connectivity index (χ2v) is 5.66. The second-order valence-electron chi connectivity index (χ2n) is 4.89. The Morgan fingerprint density at radius 3 is 3.06 bits per heavy atom. The second kappa shape index (κ2) is 5.69. The normalized spacial score (nSPS) is 19.9. The van der Waals surface area contributed by atoms with Crippen LogP contribution < -0.4 is 5.32 Å². The van der Waals surface area contributed by atoms with E-state index in [0.29, 0.717) is 5.92 Å². The first-order valence-electron chi connectivity index (χ1n) is 6.60. The van der Waals surface area contributed by atoms with Crippen molar-refractivity contribution < 1.29 is 4.79 Å². The Morgan fingerprint density at radius 1 is 1.61 bits per heavy atom. The maximum absolute atomic E-state index is 12.6. The van der Waals surface area contributed by atoms with Crippen LogP contribution in [0.2, 0.25) is 0 Å². The molecule has 0 bridgehead atoms. The van der Waals surface area contributed by atoms with Crippen LogP contribution in [0.4, 0.5) is 5.00 Å². The molecule has 2 rings (SSSR count). The lowest BCUT2D eigenvalue weighted by Crippen LogP contribution is -2.40. The molecule has 1 saturated heterocycles. The Balaban J connectivity index is 2.17. The van der Waals surface area contributed by atoms with Gasteiger partial charge >= 0.3 is 0 Å². The van der Waals surface area contributed by atoms with Crippen molar-refractivity contribution in [1.29, 1.82) is 0 Å². The molecule has 2 heterocycles. The molecule has 0 aliphatic carbocycles. The molecule has 1 atom stereocenters. The molecule has 5 heteroatoms. The van der Waals surface area contributed by atoms with Crippen LogP contribution in [0.1, 0.15) is 42.2 Å². The molecule has 1 aromatic heterocycles. The fraction of sp³-hybridized carbons (Fsp3) is 0.692. The summed E-state index contributed by atoms with van der Waals surface area (Å²) in [6, 6.07) is 0. The number of likely N-dealkylation sites (tertiary alicyclic amines) is 1. The van der Waals surface area contributed by atoms with Gasteiger partial charge in [0.05, 0.1) is 11.3 Å². The largest absolute Gasteiger partial charge is 0.378 e. The zero-order valence-electron chi connectivity index (χ0n) is 11.3. The number of carbonyl (C=O) groups is 1. The summed E-state index contributed by atoms with van der Waals surface area (Å²) in [6.07, 6.45) is 3.53. The van der Waals surface area contributed by atoms with E-state index in [1.807, 2.05) is 18.9 Å². The quantitative estimate of drug-likeness (QED) is 0.916. The van der Waals surface area contributed by atoms with Gasteiger partial charge in [0.2, 0.25) is 0 Å². The smallest absolute Gasteiger partial charge is 0.258 e. The molecule has 1 aliphatic heterocycles. The highest BCUT2D eigenvalue weighted by atomic mass is 32.1. The van der Waals surface area contributed by atoms with Gasteiger partial charge < -0.3 is 10.2 Å². The molecule has 0 aromatic carbocycles. The summed E-state index contributed by atoms with van der Waals surface area (Å²) in [6.45, 7) is 5.89. The molecule has 1 N–H and O–H groups in total. The van der Waals surface area contributed by atoms with Gasteiger partial charge in [-0.05, 0) is 37.2 Å². The molecule has 4 nitrogen and oxygen atoms in total. The van der Waals surface area contributed by atoms with Gasteiger partial charge in [-0.3, -0.25) is 4.79 Å². The molecule has 1 aromatic rings. The number of amides is 1. The topological polar surface area (TPSA) is 45.2 Å². The van der Waals surface area contributed by atoms with Gasteiger partial charge in [0.15, 0.2) is 0 Å². The lowest BCUT2D eigenvalue weighted by Gasteiger charge is -2.32. The van der Waals surface area contributed by atoms with Crippen molar-refractivity contribution >= 4 is 22.4 Å². The first-order valence-corrected chi connectivity index (χ1v) is 7.38. The number of aryl methyl sites for hydroxylation is 1. The maximum Gasteiger partial charge on any atom is 0.258 e. The zero-order chi connectivity index (χ0) is 13.1. The summed E-state index contributed by atoms with van der Waals surface area (Å²) in [4.78, 5) is 14.6. The molecule has 18 heavy (non-hydrogen) atoms. The molecule has 0 spiro atoms. The monoisotopic (exact) mass is 267 g/mol. The first-order chi connectivity index (χ1) is 8.67. The minimum absolute atomic E-state index is 0.142. The Morgan fingerprint density at radius 2 is 2.39 bits per heavy atom. The maximum atomic E-state index is 12.6. The van der Waals surface area contributed by atoms with E-state index >= 15 is 0 Å². The van der Waals surface area contributed by atoms with Crippen molar-refractivity contribution in [2.24, 2.45) is 5.92 Å². The minimum atomic E-state index is 0.142. The number of carbonyl (C=O) groups excluding carboxylic acids is 1. The summed E-state index contributed by atoms with van der Waals surface area (Å²) < 4.78 is 4.27. The summed E-state index contributed by atoms with van der Waals surface area (Å²) in [5.41, 5.74) is 1.60. The summed E-state index contributed by atoms with van der Waals surface area (Å²) >= 11 is 1.37. The van der Waals surface area contributed by atoms with E-state index in [-0.39, 0.29) is 5.91 Å². The molecule has 0 radical (unpaired) electrons. The SMILES string of the molecule is CC[C@@H]1CCCN(C(=O)c2c(C)nsc2NC)C1. The summed E-state index contributed by atoms with van der Waals surface area (Å²) in [5, 5.41) is 3.96. The van der Waals surface area contributed by atoms with E-state index in [1.165, 1.54) is 18.0 Å². The van der Waals surface area contributed by atoms with Crippen molar-refractivity contribution in [2.45, 2.75) is 33.1 Å². The Labute approximate surface area is 113 Å². The number of rotatable bonds is 3. The van der Waals surface area contributed by atoms with E-state index in [0.717, 1.165) is 42.2 Å². The van der Waals surface area contributed by atoms with Crippen LogP contribution in [-0.2, 0) is 0 Å². The predicted molar refractivity (Wildman–Crippen MR) is 75.3 cm³/mol. The lowest BCUT2D eigenvalue weighted by molar-refractivity contribution is 0.0671. The average Bonchev–Trinajstić information content (AvgIpc) is 2.79. The fourth-order valence-corrected chi connectivity index (χ4v) is 3.27. The van der Waals surface area contributed by atoms with Gasteiger partial charge in [-0.2, -0.15) is 4.37 Å². The molecule has 1 fully saturated rings. The van der Waals surface area contributed by atoms with Crippen molar-refractivity contribution in [3.05, 3.63) is 11.3 Å². The predicted octanol–water partition coefficient (Wildman–Crippen LogP) is 2.76. The average molecular weight is 267 g/mol. The van der Waals surface area contributed by atoms with E-state index in [2.05, 4.69) is 16.6 Å². The molecular weight excluding hydrogens is 246 g/mol. The van der Waals surface area contributed by atoms with E-state index < -0.39 is 0 Å². The highest BCUT2D eigenvalue weighted by Gasteiger charge is 2.27. The number of hydrogen-bond donors (Lipinski definition) is 1. The van der Waals surface area contributed by atoms with Crippen LogP contribution in [0.15, 0.2) is 0 Å². The van der Waals surface area contributed by atoms with E-state index in [1.54, 1.807) is 0 Å². The van der Waals surface area contributed by atoms with Crippen LogP contribution in [-0.4, -0.2) is 35.3 Å². The van der Waals surface area contributed by atoms with Gasteiger partial charge in [0.25, 0.3) is 5.91 Å². The van der Waals surface area contributed by atoms with Crippen LogP contribution in [0.25, 0.3) is 0 Å². The summed E-state index contributed by atoms with van der Waals surface area (Å²) in [7, 11) is 1.84. The van der Waals surface area contributed by atoms with Gasteiger partial charge in [0.1, 0.15) is 5.00 Å². The third kappa shape index (κ3) is 2.51. The van der Waals surface area contributed by atoms with Crippen molar-refractivity contribution in [3.63, 3.8) is 0 Å². The molecule has 1 aliphatic rings. The number of anilines is 1. The Kier molecular flexibility index (Phi) is 4.22. The third-order valence-electron chi connectivity index (χ3n) is 3.69. The lowest BCUT2D eigenvalue weighted by atomic mass is 9.95. The standard InChI is InChI=1S/C13H21N3OS/c1-4-10-6-5-7-16(8-10)13(17)11-9(2)15-18-12(11)14-3/h10,14H,4-8H2,1-3H3/t10-/m1/s1. The summed E-state index contributed by atoms with van der Waals surface area (Å²) in [5.74, 6) is 0.802. The number of hydrogen-bond acceptors (Lipinski definition) is 4. The van der Waals surface area contributed by atoms with E-state index in [4.69, 9.17) is 0 Å². The van der Waals surface area contributed by atoms with Gasteiger partial charge in [-0.25, -0.2) is 0 Å².